The zero-order valence-corrected chi connectivity index (χ0v) is 20.8. The van der Waals surface area contributed by atoms with Crippen LogP contribution in [-0.2, 0) is 0 Å². The van der Waals surface area contributed by atoms with Crippen LogP contribution in [0.15, 0.2) is 57.7 Å². The average molecular weight is 526 g/mol. The summed E-state index contributed by atoms with van der Waals surface area (Å²) >= 11 is 13.3. The molecule has 0 aliphatic carbocycles. The first-order chi connectivity index (χ1) is 16.9. The minimum atomic E-state index is -0.268. The molecule has 0 atom stereocenters. The fourth-order valence-electron chi connectivity index (χ4n) is 3.41. The van der Waals surface area contributed by atoms with Crippen molar-refractivity contribution in [3.63, 3.8) is 0 Å². The zero-order chi connectivity index (χ0) is 24.5. The van der Waals surface area contributed by atoms with Gasteiger partial charge in [0.2, 0.25) is 4.96 Å². The molecule has 7 nitrogen and oxygen atoms in total. The van der Waals surface area contributed by atoms with E-state index in [1.165, 1.54) is 15.9 Å². The summed E-state index contributed by atoms with van der Waals surface area (Å²) in [6, 6.07) is 14.4. The third-order valence-electron chi connectivity index (χ3n) is 5.13. The van der Waals surface area contributed by atoms with Crippen LogP contribution in [0.1, 0.15) is 17.1 Å². The summed E-state index contributed by atoms with van der Waals surface area (Å²) < 4.78 is 18.2. The highest BCUT2D eigenvalue weighted by Gasteiger charge is 2.11. The summed E-state index contributed by atoms with van der Waals surface area (Å²) in [5, 5.41) is 5.23. The first-order valence-corrected chi connectivity index (χ1v) is 11.9. The largest absolute Gasteiger partial charge is 0.493 e. The van der Waals surface area contributed by atoms with E-state index < -0.39 is 0 Å². The molecule has 0 amide bonds. The van der Waals surface area contributed by atoms with Crippen molar-refractivity contribution < 1.29 is 13.9 Å². The second kappa shape index (κ2) is 9.58. The van der Waals surface area contributed by atoms with Crippen molar-refractivity contribution in [1.29, 1.82) is 0 Å². The Morgan fingerprint density at radius 1 is 0.971 bits per heavy atom. The molecule has 0 bridgehead atoms. The summed E-state index contributed by atoms with van der Waals surface area (Å²) in [6.07, 6.45) is 5.25. The maximum Gasteiger partial charge on any atom is 0.291 e. The number of benzene rings is 2. The first-order valence-electron chi connectivity index (χ1n) is 10.3. The summed E-state index contributed by atoms with van der Waals surface area (Å²) in [5.74, 6) is 2.83. The van der Waals surface area contributed by atoms with Crippen LogP contribution < -0.4 is 19.6 Å². The molecular formula is C25H17Cl2N3O4S. The van der Waals surface area contributed by atoms with Gasteiger partial charge in [-0.3, -0.25) is 4.79 Å². The first kappa shape index (κ1) is 23.2. The van der Waals surface area contributed by atoms with E-state index in [9.17, 15) is 4.79 Å². The Labute approximate surface area is 213 Å². The lowest BCUT2D eigenvalue weighted by Gasteiger charge is -2.07. The zero-order valence-electron chi connectivity index (χ0n) is 18.5. The Morgan fingerprint density at radius 2 is 1.80 bits per heavy atom. The molecule has 10 heteroatoms. The number of aromatic nitrogens is 3. The Balaban J connectivity index is 1.40. The maximum absolute atomic E-state index is 12.8. The van der Waals surface area contributed by atoms with Crippen molar-refractivity contribution in [2.75, 3.05) is 14.2 Å². The van der Waals surface area contributed by atoms with Gasteiger partial charge in [-0.1, -0.05) is 46.7 Å². The summed E-state index contributed by atoms with van der Waals surface area (Å²) in [5.41, 5.74) is 1.40. The summed E-state index contributed by atoms with van der Waals surface area (Å²) in [4.78, 5) is 17.8. The molecule has 35 heavy (non-hydrogen) atoms. The monoisotopic (exact) mass is 525 g/mol. The fourth-order valence-corrected chi connectivity index (χ4v) is 4.60. The molecule has 0 saturated heterocycles. The van der Waals surface area contributed by atoms with Gasteiger partial charge in [-0.2, -0.15) is 9.50 Å². The topological polar surface area (TPSA) is 78.9 Å². The van der Waals surface area contributed by atoms with Gasteiger partial charge < -0.3 is 13.9 Å². The van der Waals surface area contributed by atoms with Crippen LogP contribution in [0, 0.1) is 0 Å². The van der Waals surface area contributed by atoms with Gasteiger partial charge in [0.05, 0.1) is 24.3 Å². The third kappa shape index (κ3) is 4.68. The number of fused-ring (bicyclic) bond motifs is 1. The van der Waals surface area contributed by atoms with Crippen LogP contribution in [0.5, 0.6) is 11.5 Å². The number of ether oxygens (including phenoxy) is 2. The van der Waals surface area contributed by atoms with E-state index in [4.69, 9.17) is 37.1 Å². The molecule has 2 aromatic carbocycles. The van der Waals surface area contributed by atoms with Crippen molar-refractivity contribution in [3.05, 3.63) is 90.6 Å². The van der Waals surface area contributed by atoms with E-state index in [0.29, 0.717) is 48.4 Å². The van der Waals surface area contributed by atoms with Crippen molar-refractivity contribution >= 4 is 57.7 Å². The van der Waals surface area contributed by atoms with Crippen molar-refractivity contribution in [2.24, 2.45) is 0 Å². The van der Waals surface area contributed by atoms with E-state index in [1.54, 1.807) is 44.6 Å². The lowest BCUT2D eigenvalue weighted by molar-refractivity contribution is 0.355. The lowest BCUT2D eigenvalue weighted by Crippen LogP contribution is -2.23. The van der Waals surface area contributed by atoms with Crippen LogP contribution in [0.2, 0.25) is 10.0 Å². The van der Waals surface area contributed by atoms with Crippen LogP contribution in [0.25, 0.3) is 34.5 Å². The van der Waals surface area contributed by atoms with Gasteiger partial charge in [-0.25, -0.2) is 0 Å². The van der Waals surface area contributed by atoms with Gasteiger partial charge in [0.25, 0.3) is 5.56 Å². The van der Waals surface area contributed by atoms with Gasteiger partial charge in [0.1, 0.15) is 16.1 Å². The molecule has 0 spiro atoms. The molecule has 5 rings (SSSR count). The molecule has 3 aromatic heterocycles. The average Bonchev–Trinajstić information content (AvgIpc) is 3.56. The van der Waals surface area contributed by atoms with E-state index in [2.05, 4.69) is 10.1 Å². The highest BCUT2D eigenvalue weighted by Crippen LogP contribution is 2.30. The molecule has 0 aliphatic rings. The Bertz CT molecular complexity index is 1690. The summed E-state index contributed by atoms with van der Waals surface area (Å²) in [7, 11) is 3.17. The van der Waals surface area contributed by atoms with Crippen LogP contribution in [-0.4, -0.2) is 28.8 Å². The molecule has 0 aliphatic heterocycles. The Kier molecular flexibility index (Phi) is 6.34. The molecular weight excluding hydrogens is 509 g/mol. The van der Waals surface area contributed by atoms with Gasteiger partial charge in [-0.05, 0) is 54.1 Å². The van der Waals surface area contributed by atoms with E-state index in [-0.39, 0.29) is 5.56 Å². The van der Waals surface area contributed by atoms with E-state index in [1.807, 2.05) is 36.4 Å². The predicted molar refractivity (Wildman–Crippen MR) is 139 cm³/mol. The molecule has 0 radical (unpaired) electrons. The highest BCUT2D eigenvalue weighted by molar-refractivity contribution is 7.15. The number of rotatable bonds is 6. The molecule has 0 saturated carbocycles. The summed E-state index contributed by atoms with van der Waals surface area (Å²) in [6.45, 7) is 0. The van der Waals surface area contributed by atoms with E-state index in [0.717, 1.165) is 11.1 Å². The SMILES string of the molecule is COc1ccc(/C=C/c2nc3s/c(=C\c4ccc(-c5ccc(Cl)c(Cl)c5)o4)c(=O)n3n2)cc1OC. The maximum atomic E-state index is 12.8. The standard InChI is InChI=1S/C25H17Cl2N3O4S/c1-32-20-8-3-14(11-21(20)33-2)4-10-23-28-25-30(29-23)24(31)22(35-25)13-16-6-9-19(34-16)15-5-7-17(26)18(27)12-15/h3-13H,1-2H3/b10-4+,22-13-. The van der Waals surface area contributed by atoms with Gasteiger partial charge >= 0.3 is 0 Å². The molecule has 0 fully saturated rings. The minimum Gasteiger partial charge on any atom is -0.493 e. The number of thiazole rings is 1. The number of furan rings is 1. The number of nitrogens with zero attached hydrogens (tertiary/aromatic N) is 3. The smallest absolute Gasteiger partial charge is 0.291 e. The minimum absolute atomic E-state index is 0.268. The van der Waals surface area contributed by atoms with Crippen molar-refractivity contribution in [3.8, 4) is 22.8 Å². The van der Waals surface area contributed by atoms with Crippen LogP contribution in [0.3, 0.4) is 0 Å². The number of hydrogen-bond acceptors (Lipinski definition) is 7. The molecule has 0 N–H and O–H groups in total. The van der Waals surface area contributed by atoms with Crippen LogP contribution >= 0.6 is 34.5 Å². The van der Waals surface area contributed by atoms with Crippen LogP contribution in [0.4, 0.5) is 0 Å². The molecule has 5 aromatic rings. The molecule has 3 heterocycles. The van der Waals surface area contributed by atoms with Gasteiger partial charge in [0, 0.05) is 11.6 Å². The Hall–Kier alpha value is -3.59. The normalized spacial score (nSPS) is 12.2. The van der Waals surface area contributed by atoms with Crippen molar-refractivity contribution in [1.82, 2.24) is 14.6 Å². The second-order valence-corrected chi connectivity index (χ2v) is 9.18. The van der Waals surface area contributed by atoms with Gasteiger partial charge in [-0.15, -0.1) is 5.10 Å². The van der Waals surface area contributed by atoms with Gasteiger partial charge in [0.15, 0.2) is 17.3 Å². The predicted octanol–water partition coefficient (Wildman–Crippen LogP) is 5.45. The molecule has 0 unspecified atom stereocenters. The number of methoxy groups -OCH3 is 2. The third-order valence-corrected chi connectivity index (χ3v) is 6.83. The molecule has 176 valence electrons. The lowest BCUT2D eigenvalue weighted by atomic mass is 10.2. The number of hydrogen-bond donors (Lipinski definition) is 0. The van der Waals surface area contributed by atoms with E-state index >= 15 is 0 Å². The highest BCUT2D eigenvalue weighted by atomic mass is 35.5. The number of halogens is 2. The fraction of sp³-hybridized carbons (Fsp3) is 0.0800. The van der Waals surface area contributed by atoms with Crippen molar-refractivity contribution in [2.45, 2.75) is 0 Å². The Morgan fingerprint density at radius 3 is 2.54 bits per heavy atom. The second-order valence-electron chi connectivity index (χ2n) is 7.36. The quantitative estimate of drug-likeness (QED) is 0.293.